The van der Waals surface area contributed by atoms with Crippen LogP contribution >= 0.6 is 0 Å². The van der Waals surface area contributed by atoms with E-state index in [1.165, 1.54) is 12.8 Å². The first-order valence-corrected chi connectivity index (χ1v) is 7.72. The number of aromatic nitrogens is 3. The molecular formula is C16H18N4O2. The van der Waals surface area contributed by atoms with Gasteiger partial charge in [-0.3, -0.25) is 4.79 Å². The topological polar surface area (TPSA) is 64.2 Å². The van der Waals surface area contributed by atoms with Gasteiger partial charge in [-0.25, -0.2) is 4.68 Å². The highest BCUT2D eigenvalue weighted by Gasteiger charge is 2.30. The van der Waals surface area contributed by atoms with Crippen LogP contribution in [0.15, 0.2) is 35.1 Å². The molecule has 2 aromatic rings. The third kappa shape index (κ3) is 2.68. The summed E-state index contributed by atoms with van der Waals surface area (Å²) < 4.78 is 7.12. The van der Waals surface area contributed by atoms with Crippen molar-refractivity contribution in [2.24, 2.45) is 0 Å². The standard InChI is InChI=1S/C16H18N4O2/c21-16(6-5-14-2-1-9-22-14)19-8-7-13(10-19)20-11-15(17-18-20)12-3-4-12/h1-2,5-6,9,11-13H,3-4,7-8,10H2. The second-order valence-corrected chi connectivity index (χ2v) is 5.97. The maximum Gasteiger partial charge on any atom is 0.246 e. The fraction of sp³-hybridized carbons (Fsp3) is 0.438. The average molecular weight is 298 g/mol. The molecular weight excluding hydrogens is 280 g/mol. The first-order chi connectivity index (χ1) is 10.8. The van der Waals surface area contributed by atoms with Crippen LogP contribution in [0, 0.1) is 0 Å². The van der Waals surface area contributed by atoms with E-state index in [1.807, 2.05) is 15.6 Å². The van der Waals surface area contributed by atoms with Gasteiger partial charge in [-0.15, -0.1) is 5.10 Å². The number of carbonyl (C=O) groups is 1. The van der Waals surface area contributed by atoms with Crippen molar-refractivity contribution in [3.63, 3.8) is 0 Å². The molecule has 0 spiro atoms. The molecule has 1 saturated carbocycles. The molecule has 3 heterocycles. The largest absolute Gasteiger partial charge is 0.465 e. The first-order valence-electron chi connectivity index (χ1n) is 7.72. The molecule has 0 aromatic carbocycles. The van der Waals surface area contributed by atoms with E-state index < -0.39 is 0 Å². The van der Waals surface area contributed by atoms with Gasteiger partial charge in [0.25, 0.3) is 0 Å². The summed E-state index contributed by atoms with van der Waals surface area (Å²) in [5, 5.41) is 8.48. The van der Waals surface area contributed by atoms with Crippen LogP contribution in [0.4, 0.5) is 0 Å². The third-order valence-electron chi connectivity index (χ3n) is 4.31. The van der Waals surface area contributed by atoms with Gasteiger partial charge >= 0.3 is 0 Å². The molecule has 6 nitrogen and oxygen atoms in total. The zero-order valence-electron chi connectivity index (χ0n) is 12.3. The summed E-state index contributed by atoms with van der Waals surface area (Å²) in [6.45, 7) is 1.44. The minimum atomic E-state index is 0.0152. The number of hydrogen-bond donors (Lipinski definition) is 0. The Kier molecular flexibility index (Phi) is 3.29. The number of amides is 1. The molecule has 2 aliphatic rings. The highest BCUT2D eigenvalue weighted by molar-refractivity contribution is 5.91. The molecule has 2 fully saturated rings. The van der Waals surface area contributed by atoms with Crippen molar-refractivity contribution in [1.82, 2.24) is 19.9 Å². The Morgan fingerprint density at radius 2 is 2.27 bits per heavy atom. The van der Waals surface area contributed by atoms with Crippen LogP contribution in [-0.4, -0.2) is 38.9 Å². The first kappa shape index (κ1) is 13.3. The molecule has 1 unspecified atom stereocenters. The van der Waals surface area contributed by atoms with Gasteiger partial charge in [0.1, 0.15) is 5.76 Å². The molecule has 114 valence electrons. The lowest BCUT2D eigenvalue weighted by Gasteiger charge is -2.14. The van der Waals surface area contributed by atoms with E-state index >= 15 is 0 Å². The summed E-state index contributed by atoms with van der Waals surface area (Å²) in [5.41, 5.74) is 1.10. The molecule has 1 amide bonds. The van der Waals surface area contributed by atoms with E-state index in [0.29, 0.717) is 18.2 Å². The SMILES string of the molecule is O=C(C=Cc1ccco1)N1CCC(n2cc(C3CC3)nn2)C1. The Hall–Kier alpha value is -2.37. The van der Waals surface area contributed by atoms with Crippen molar-refractivity contribution < 1.29 is 9.21 Å². The van der Waals surface area contributed by atoms with E-state index in [-0.39, 0.29) is 11.9 Å². The predicted molar refractivity (Wildman–Crippen MR) is 80.0 cm³/mol. The number of rotatable bonds is 4. The van der Waals surface area contributed by atoms with Crippen LogP contribution in [0.25, 0.3) is 6.08 Å². The minimum absolute atomic E-state index is 0.0152. The summed E-state index contributed by atoms with van der Waals surface area (Å²) in [7, 11) is 0. The number of hydrogen-bond acceptors (Lipinski definition) is 4. The Morgan fingerprint density at radius 1 is 1.36 bits per heavy atom. The van der Waals surface area contributed by atoms with E-state index in [0.717, 1.165) is 18.7 Å². The van der Waals surface area contributed by atoms with Gasteiger partial charge in [-0.2, -0.15) is 0 Å². The molecule has 0 bridgehead atoms. The maximum atomic E-state index is 12.2. The third-order valence-corrected chi connectivity index (χ3v) is 4.31. The predicted octanol–water partition coefficient (Wildman–Crippen LogP) is 2.24. The van der Waals surface area contributed by atoms with Gasteiger partial charge in [0.2, 0.25) is 5.91 Å². The molecule has 0 radical (unpaired) electrons. The van der Waals surface area contributed by atoms with Crippen molar-refractivity contribution >= 4 is 12.0 Å². The summed E-state index contributed by atoms with van der Waals surface area (Å²) in [4.78, 5) is 14.0. The van der Waals surface area contributed by atoms with E-state index in [9.17, 15) is 4.79 Å². The Balaban J connectivity index is 1.37. The molecule has 6 heteroatoms. The van der Waals surface area contributed by atoms with Crippen molar-refractivity contribution in [2.75, 3.05) is 13.1 Å². The second kappa shape index (κ2) is 5.44. The van der Waals surface area contributed by atoms with Crippen molar-refractivity contribution in [1.29, 1.82) is 0 Å². The highest BCUT2D eigenvalue weighted by Crippen LogP contribution is 2.39. The van der Waals surface area contributed by atoms with Crippen LogP contribution in [0.2, 0.25) is 0 Å². The number of nitrogens with zero attached hydrogens (tertiary/aromatic N) is 4. The van der Waals surface area contributed by atoms with Gasteiger partial charge in [-0.05, 0) is 37.5 Å². The van der Waals surface area contributed by atoms with Crippen molar-refractivity contribution in [2.45, 2.75) is 31.2 Å². The Labute approximate surface area is 128 Å². The molecule has 0 N–H and O–H groups in total. The minimum Gasteiger partial charge on any atom is -0.465 e. The van der Waals surface area contributed by atoms with E-state index in [2.05, 4.69) is 16.5 Å². The van der Waals surface area contributed by atoms with Gasteiger partial charge < -0.3 is 9.32 Å². The number of furan rings is 1. The van der Waals surface area contributed by atoms with Crippen LogP contribution in [-0.2, 0) is 4.79 Å². The molecule has 22 heavy (non-hydrogen) atoms. The number of likely N-dealkylation sites (tertiary alicyclic amines) is 1. The maximum absolute atomic E-state index is 12.2. The van der Waals surface area contributed by atoms with Crippen molar-refractivity contribution in [3.05, 3.63) is 42.1 Å². The van der Waals surface area contributed by atoms with Gasteiger partial charge in [0.15, 0.2) is 0 Å². The van der Waals surface area contributed by atoms with Crippen LogP contribution < -0.4 is 0 Å². The zero-order valence-corrected chi connectivity index (χ0v) is 12.3. The Morgan fingerprint density at radius 3 is 3.05 bits per heavy atom. The van der Waals surface area contributed by atoms with Crippen LogP contribution in [0.5, 0.6) is 0 Å². The highest BCUT2D eigenvalue weighted by atomic mass is 16.3. The second-order valence-electron chi connectivity index (χ2n) is 5.97. The zero-order chi connectivity index (χ0) is 14.9. The lowest BCUT2D eigenvalue weighted by atomic mass is 10.2. The molecule has 1 saturated heterocycles. The van der Waals surface area contributed by atoms with Crippen LogP contribution in [0.1, 0.15) is 42.7 Å². The van der Waals surface area contributed by atoms with E-state index in [4.69, 9.17) is 4.42 Å². The monoisotopic (exact) mass is 298 g/mol. The summed E-state index contributed by atoms with van der Waals surface area (Å²) in [6.07, 6.45) is 10.3. The number of carbonyl (C=O) groups excluding carboxylic acids is 1. The lowest BCUT2D eigenvalue weighted by molar-refractivity contribution is -0.125. The van der Waals surface area contributed by atoms with Crippen LogP contribution in [0.3, 0.4) is 0 Å². The summed E-state index contributed by atoms with van der Waals surface area (Å²) >= 11 is 0. The normalized spacial score (nSPS) is 21.8. The Bertz CT molecular complexity index is 685. The smallest absolute Gasteiger partial charge is 0.246 e. The van der Waals surface area contributed by atoms with Gasteiger partial charge in [-0.1, -0.05) is 5.21 Å². The fourth-order valence-electron chi connectivity index (χ4n) is 2.84. The summed E-state index contributed by atoms with van der Waals surface area (Å²) in [5.74, 6) is 1.32. The molecule has 4 rings (SSSR count). The van der Waals surface area contributed by atoms with Gasteiger partial charge in [0, 0.05) is 31.3 Å². The molecule has 1 aliphatic carbocycles. The fourth-order valence-corrected chi connectivity index (χ4v) is 2.84. The quantitative estimate of drug-likeness (QED) is 0.812. The summed E-state index contributed by atoms with van der Waals surface area (Å²) in [6, 6.07) is 3.87. The molecule has 1 aliphatic heterocycles. The average Bonchev–Trinajstić information content (AvgIpc) is 3.02. The molecule has 1 atom stereocenters. The van der Waals surface area contributed by atoms with E-state index in [1.54, 1.807) is 24.5 Å². The molecule has 2 aromatic heterocycles. The lowest BCUT2D eigenvalue weighted by Crippen LogP contribution is -2.27. The van der Waals surface area contributed by atoms with Gasteiger partial charge in [0.05, 0.1) is 18.0 Å². The van der Waals surface area contributed by atoms with Crippen molar-refractivity contribution in [3.8, 4) is 0 Å².